The molecule has 1 saturated heterocycles. The lowest BCUT2D eigenvalue weighted by atomic mass is 9.93. The van der Waals surface area contributed by atoms with Crippen molar-refractivity contribution in [1.29, 1.82) is 0 Å². The first-order valence-corrected chi connectivity index (χ1v) is 8.09. The maximum absolute atomic E-state index is 12.6. The molecule has 132 valence electrons. The highest BCUT2D eigenvalue weighted by Crippen LogP contribution is 2.31. The van der Waals surface area contributed by atoms with Crippen molar-refractivity contribution in [3.05, 3.63) is 47.9 Å². The monoisotopic (exact) mass is 349 g/mol. The number of nitrogens with zero attached hydrogens (tertiary/aromatic N) is 3. The van der Waals surface area contributed by atoms with Crippen molar-refractivity contribution < 1.29 is 18.0 Å². The van der Waals surface area contributed by atoms with Crippen molar-refractivity contribution in [2.24, 2.45) is 0 Å². The molecule has 0 bridgehead atoms. The molecule has 3 rings (SSSR count). The van der Waals surface area contributed by atoms with Crippen LogP contribution in [0.4, 0.5) is 13.2 Å². The van der Waals surface area contributed by atoms with Gasteiger partial charge in [-0.15, -0.1) is 0 Å². The Labute approximate surface area is 143 Å². The Balaban J connectivity index is 1.69. The number of rotatable bonds is 2. The van der Waals surface area contributed by atoms with Gasteiger partial charge in [0.25, 0.3) is 0 Å². The molecule has 0 radical (unpaired) electrons. The van der Waals surface area contributed by atoms with Gasteiger partial charge >= 0.3 is 6.18 Å². The van der Waals surface area contributed by atoms with Crippen LogP contribution in [0.1, 0.15) is 36.9 Å². The highest BCUT2D eigenvalue weighted by atomic mass is 19.4. The molecule has 0 unspecified atom stereocenters. The third-order valence-electron chi connectivity index (χ3n) is 4.54. The minimum Gasteiger partial charge on any atom is -0.343 e. The molecular formula is C18H18F3N3O. The van der Waals surface area contributed by atoms with E-state index in [-0.39, 0.29) is 11.8 Å². The molecule has 0 spiro atoms. The Hall–Kier alpha value is -2.44. The van der Waals surface area contributed by atoms with Crippen LogP contribution in [0.5, 0.6) is 0 Å². The number of benzene rings is 1. The average molecular weight is 349 g/mol. The number of amides is 1. The van der Waals surface area contributed by atoms with E-state index in [0.29, 0.717) is 24.3 Å². The summed E-state index contributed by atoms with van der Waals surface area (Å²) in [6, 6.07) is 4.89. The molecule has 7 heteroatoms. The normalized spacial score (nSPS) is 16.1. The highest BCUT2D eigenvalue weighted by Gasteiger charge is 2.30. The smallest absolute Gasteiger partial charge is 0.343 e. The summed E-state index contributed by atoms with van der Waals surface area (Å²) in [5.41, 5.74) is 1.31. The number of aromatic nitrogens is 2. The number of hydrogen-bond donors (Lipinski definition) is 0. The van der Waals surface area contributed by atoms with Gasteiger partial charge in [0.05, 0.1) is 23.1 Å². The number of likely N-dealkylation sites (tertiary alicyclic amines) is 1. The molecular weight excluding hydrogens is 331 g/mol. The Kier molecular flexibility index (Phi) is 4.74. The van der Waals surface area contributed by atoms with Crippen molar-refractivity contribution in [2.45, 2.75) is 31.9 Å². The molecule has 4 nitrogen and oxygen atoms in total. The SMILES string of the molecule is CC(=O)N1CCC(c2cnc(-c3ccc(C(F)(F)F)cc3)cn2)CC1. The Morgan fingerprint density at radius 1 is 1.08 bits per heavy atom. The van der Waals surface area contributed by atoms with Crippen LogP contribution in [0.3, 0.4) is 0 Å². The first kappa shape index (κ1) is 17.4. The molecule has 1 aromatic heterocycles. The van der Waals surface area contributed by atoms with Gasteiger partial charge in [-0.1, -0.05) is 12.1 Å². The second-order valence-electron chi connectivity index (χ2n) is 6.18. The number of carbonyl (C=O) groups is 1. The quantitative estimate of drug-likeness (QED) is 0.826. The minimum absolute atomic E-state index is 0.0854. The van der Waals surface area contributed by atoms with Gasteiger partial charge in [-0.2, -0.15) is 13.2 Å². The number of halogens is 3. The van der Waals surface area contributed by atoms with Gasteiger partial charge in [-0.3, -0.25) is 14.8 Å². The summed E-state index contributed by atoms with van der Waals surface area (Å²) in [5.74, 6) is 0.340. The van der Waals surface area contributed by atoms with Crippen LogP contribution in [0.25, 0.3) is 11.3 Å². The van der Waals surface area contributed by atoms with Crippen LogP contribution in [0.2, 0.25) is 0 Å². The lowest BCUT2D eigenvalue weighted by Crippen LogP contribution is -2.36. The van der Waals surface area contributed by atoms with Gasteiger partial charge in [-0.25, -0.2) is 0 Å². The summed E-state index contributed by atoms with van der Waals surface area (Å²) in [6.07, 6.45) is 0.612. The van der Waals surface area contributed by atoms with Crippen LogP contribution in [-0.2, 0) is 11.0 Å². The van der Waals surface area contributed by atoms with Crippen molar-refractivity contribution in [3.8, 4) is 11.3 Å². The average Bonchev–Trinajstić information content (AvgIpc) is 2.61. The molecule has 1 amide bonds. The van der Waals surface area contributed by atoms with Crippen LogP contribution in [0.15, 0.2) is 36.7 Å². The van der Waals surface area contributed by atoms with Crippen molar-refractivity contribution >= 4 is 5.91 Å². The summed E-state index contributed by atoms with van der Waals surface area (Å²) < 4.78 is 37.8. The summed E-state index contributed by atoms with van der Waals surface area (Å²) in [4.78, 5) is 22.0. The van der Waals surface area contributed by atoms with Crippen molar-refractivity contribution in [3.63, 3.8) is 0 Å². The first-order chi connectivity index (χ1) is 11.8. The standard InChI is InChI=1S/C18H18F3N3O/c1-12(25)24-8-6-14(7-9-24)17-11-22-16(10-23-17)13-2-4-15(5-3-13)18(19,20)21/h2-5,10-11,14H,6-9H2,1H3. The van der Waals surface area contributed by atoms with E-state index in [1.165, 1.54) is 12.1 Å². The molecule has 1 fully saturated rings. The maximum Gasteiger partial charge on any atom is 0.416 e. The molecule has 1 aliphatic rings. The van der Waals surface area contributed by atoms with Gasteiger partial charge in [0.15, 0.2) is 0 Å². The van der Waals surface area contributed by atoms with Crippen molar-refractivity contribution in [2.75, 3.05) is 13.1 Å². The van der Waals surface area contributed by atoms with E-state index in [0.717, 1.165) is 30.7 Å². The summed E-state index contributed by atoms with van der Waals surface area (Å²) in [6.45, 7) is 2.99. The third-order valence-corrected chi connectivity index (χ3v) is 4.54. The fourth-order valence-corrected chi connectivity index (χ4v) is 3.02. The zero-order valence-corrected chi connectivity index (χ0v) is 13.8. The second-order valence-corrected chi connectivity index (χ2v) is 6.18. The van der Waals surface area contributed by atoms with E-state index >= 15 is 0 Å². The van der Waals surface area contributed by atoms with Crippen molar-refractivity contribution in [1.82, 2.24) is 14.9 Å². The Bertz CT molecular complexity index is 734. The van der Waals surface area contributed by atoms with E-state index in [9.17, 15) is 18.0 Å². The van der Waals surface area contributed by atoms with Crippen LogP contribution in [0, 0.1) is 0 Å². The molecule has 2 aromatic rings. The molecule has 0 atom stereocenters. The van der Waals surface area contributed by atoms with Gasteiger partial charge in [0, 0.05) is 37.7 Å². The second kappa shape index (κ2) is 6.82. The Morgan fingerprint density at radius 2 is 1.72 bits per heavy atom. The molecule has 0 aliphatic carbocycles. The van der Waals surface area contributed by atoms with Gasteiger partial charge < -0.3 is 4.90 Å². The molecule has 1 aliphatic heterocycles. The molecule has 1 aromatic carbocycles. The van der Waals surface area contributed by atoms with Crippen LogP contribution >= 0.6 is 0 Å². The minimum atomic E-state index is -4.34. The summed E-state index contributed by atoms with van der Waals surface area (Å²) in [5, 5.41) is 0. The lowest BCUT2D eigenvalue weighted by Gasteiger charge is -2.30. The van der Waals surface area contributed by atoms with E-state index in [1.807, 2.05) is 4.90 Å². The zero-order valence-electron chi connectivity index (χ0n) is 13.8. The summed E-state index contributed by atoms with van der Waals surface area (Å²) in [7, 11) is 0. The molecule has 2 heterocycles. The topological polar surface area (TPSA) is 46.1 Å². The predicted molar refractivity (Wildman–Crippen MR) is 86.7 cm³/mol. The largest absolute Gasteiger partial charge is 0.416 e. The van der Waals surface area contributed by atoms with Crippen LogP contribution < -0.4 is 0 Å². The maximum atomic E-state index is 12.6. The Morgan fingerprint density at radius 3 is 2.20 bits per heavy atom. The predicted octanol–water partition coefficient (Wildman–Crippen LogP) is 3.89. The third kappa shape index (κ3) is 3.97. The van der Waals surface area contributed by atoms with E-state index in [1.54, 1.807) is 19.3 Å². The van der Waals surface area contributed by atoms with Gasteiger partial charge in [0.2, 0.25) is 5.91 Å². The van der Waals surface area contributed by atoms with E-state index in [4.69, 9.17) is 0 Å². The lowest BCUT2D eigenvalue weighted by molar-refractivity contribution is -0.137. The first-order valence-electron chi connectivity index (χ1n) is 8.09. The van der Waals surface area contributed by atoms with Crippen LogP contribution in [-0.4, -0.2) is 33.9 Å². The van der Waals surface area contributed by atoms with Gasteiger partial charge in [0.1, 0.15) is 0 Å². The molecule has 0 N–H and O–H groups in total. The van der Waals surface area contributed by atoms with Gasteiger partial charge in [-0.05, 0) is 25.0 Å². The van der Waals surface area contributed by atoms with E-state index in [2.05, 4.69) is 9.97 Å². The fraction of sp³-hybridized carbons (Fsp3) is 0.389. The molecule has 25 heavy (non-hydrogen) atoms. The number of carbonyl (C=O) groups excluding carboxylic acids is 1. The summed E-state index contributed by atoms with van der Waals surface area (Å²) >= 11 is 0. The molecule has 0 saturated carbocycles. The number of piperidine rings is 1. The highest BCUT2D eigenvalue weighted by molar-refractivity contribution is 5.73. The fourth-order valence-electron chi connectivity index (χ4n) is 3.02. The zero-order chi connectivity index (χ0) is 18.0. The number of hydrogen-bond acceptors (Lipinski definition) is 3. The number of alkyl halides is 3. The van der Waals surface area contributed by atoms with E-state index < -0.39 is 11.7 Å².